The number of aromatic nitrogens is 1. The Labute approximate surface area is 104 Å². The van der Waals surface area contributed by atoms with Crippen LogP contribution in [-0.2, 0) is 0 Å². The molecular weight excluding hydrogens is 220 g/mol. The first-order valence-corrected chi connectivity index (χ1v) is 6.52. The van der Waals surface area contributed by atoms with E-state index in [1.54, 1.807) is 6.20 Å². The van der Waals surface area contributed by atoms with Crippen molar-refractivity contribution in [3.05, 3.63) is 22.8 Å². The number of halogens is 1. The van der Waals surface area contributed by atoms with Crippen molar-refractivity contribution in [3.63, 3.8) is 0 Å². The fourth-order valence-electron chi connectivity index (χ4n) is 1.11. The SMILES string of the molecule is CC.CC.Cc1cc(Cl)cnc1NC1CC1. The fraction of sp³-hybridized carbons (Fsp3) is 0.615. The van der Waals surface area contributed by atoms with Gasteiger partial charge < -0.3 is 5.32 Å². The molecule has 1 aromatic rings. The standard InChI is InChI=1S/C9H11ClN2.2C2H6/c1-6-4-7(10)5-11-9(6)12-8-2-3-8;2*1-2/h4-5,8H,2-3H2,1H3,(H,11,12);2*1-2H3. The van der Waals surface area contributed by atoms with Gasteiger partial charge in [-0.25, -0.2) is 4.98 Å². The highest BCUT2D eigenvalue weighted by Crippen LogP contribution is 2.25. The number of pyridine rings is 1. The van der Waals surface area contributed by atoms with Crippen LogP contribution in [0.4, 0.5) is 5.82 Å². The van der Waals surface area contributed by atoms with Gasteiger partial charge in [-0.1, -0.05) is 39.3 Å². The average molecular weight is 243 g/mol. The molecule has 0 amide bonds. The van der Waals surface area contributed by atoms with Crippen LogP contribution >= 0.6 is 11.6 Å². The van der Waals surface area contributed by atoms with Crippen molar-refractivity contribution in [2.75, 3.05) is 5.32 Å². The van der Waals surface area contributed by atoms with Crippen molar-refractivity contribution < 1.29 is 0 Å². The number of rotatable bonds is 2. The topological polar surface area (TPSA) is 24.9 Å². The Bertz CT molecular complexity index is 296. The smallest absolute Gasteiger partial charge is 0.129 e. The van der Waals surface area contributed by atoms with E-state index in [9.17, 15) is 0 Å². The molecule has 2 rings (SSSR count). The van der Waals surface area contributed by atoms with Crippen LogP contribution in [0.25, 0.3) is 0 Å². The van der Waals surface area contributed by atoms with Crippen LogP contribution < -0.4 is 5.32 Å². The Morgan fingerprint density at radius 1 is 1.25 bits per heavy atom. The first-order chi connectivity index (χ1) is 7.75. The third-order valence-corrected chi connectivity index (χ3v) is 2.17. The van der Waals surface area contributed by atoms with Gasteiger partial charge in [-0.05, 0) is 31.4 Å². The van der Waals surface area contributed by atoms with Gasteiger partial charge in [0.05, 0.1) is 5.02 Å². The molecule has 0 unspecified atom stereocenters. The van der Waals surface area contributed by atoms with Crippen molar-refractivity contribution in [3.8, 4) is 0 Å². The quantitative estimate of drug-likeness (QED) is 0.815. The molecule has 1 aliphatic rings. The number of hydrogen-bond acceptors (Lipinski definition) is 2. The van der Waals surface area contributed by atoms with E-state index in [4.69, 9.17) is 11.6 Å². The summed E-state index contributed by atoms with van der Waals surface area (Å²) in [5.41, 5.74) is 1.12. The highest BCUT2D eigenvalue weighted by atomic mass is 35.5. The molecule has 0 aliphatic heterocycles. The van der Waals surface area contributed by atoms with Gasteiger partial charge in [-0.15, -0.1) is 0 Å². The summed E-state index contributed by atoms with van der Waals surface area (Å²) in [4.78, 5) is 4.21. The molecule has 0 atom stereocenters. The lowest BCUT2D eigenvalue weighted by Gasteiger charge is -2.06. The lowest BCUT2D eigenvalue weighted by Crippen LogP contribution is -2.04. The maximum atomic E-state index is 5.78. The van der Waals surface area contributed by atoms with Gasteiger partial charge in [0.1, 0.15) is 5.82 Å². The maximum Gasteiger partial charge on any atom is 0.129 e. The van der Waals surface area contributed by atoms with Crippen molar-refractivity contribution in [1.29, 1.82) is 0 Å². The molecule has 3 heteroatoms. The molecule has 1 aromatic heterocycles. The molecule has 0 aromatic carbocycles. The summed E-state index contributed by atoms with van der Waals surface area (Å²) in [6.45, 7) is 10.0. The molecule has 0 saturated heterocycles. The van der Waals surface area contributed by atoms with Gasteiger partial charge in [0, 0.05) is 12.2 Å². The number of nitrogens with one attached hydrogen (secondary N) is 1. The van der Waals surface area contributed by atoms with Crippen LogP contribution in [0.15, 0.2) is 12.3 Å². The van der Waals surface area contributed by atoms with E-state index >= 15 is 0 Å². The normalized spacial score (nSPS) is 12.9. The van der Waals surface area contributed by atoms with Crippen molar-refractivity contribution in [2.45, 2.75) is 53.5 Å². The van der Waals surface area contributed by atoms with Crippen LogP contribution in [-0.4, -0.2) is 11.0 Å². The second-order valence-corrected chi connectivity index (χ2v) is 3.67. The van der Waals surface area contributed by atoms with Gasteiger partial charge >= 0.3 is 0 Å². The van der Waals surface area contributed by atoms with Gasteiger partial charge in [0.15, 0.2) is 0 Å². The van der Waals surface area contributed by atoms with Crippen LogP contribution in [0.1, 0.15) is 46.1 Å². The lowest BCUT2D eigenvalue weighted by molar-refractivity contribution is 1.10. The molecule has 1 saturated carbocycles. The molecule has 0 radical (unpaired) electrons. The second kappa shape index (κ2) is 8.40. The summed E-state index contributed by atoms with van der Waals surface area (Å²) in [6.07, 6.45) is 4.22. The molecule has 1 N–H and O–H groups in total. The van der Waals surface area contributed by atoms with Crippen molar-refractivity contribution in [1.82, 2.24) is 4.98 Å². The number of anilines is 1. The van der Waals surface area contributed by atoms with E-state index in [2.05, 4.69) is 10.3 Å². The van der Waals surface area contributed by atoms with Gasteiger partial charge in [0.25, 0.3) is 0 Å². The molecule has 1 heterocycles. The Hall–Kier alpha value is -0.760. The Kier molecular flexibility index (Phi) is 8.00. The summed E-state index contributed by atoms with van der Waals surface area (Å²) in [6, 6.07) is 2.58. The minimum atomic E-state index is 0.650. The number of nitrogens with zero attached hydrogens (tertiary/aromatic N) is 1. The van der Waals surface area contributed by atoms with Crippen molar-refractivity contribution >= 4 is 17.4 Å². The van der Waals surface area contributed by atoms with E-state index in [0.717, 1.165) is 11.4 Å². The van der Waals surface area contributed by atoms with Crippen LogP contribution in [0, 0.1) is 6.92 Å². The molecule has 0 bridgehead atoms. The monoisotopic (exact) mass is 242 g/mol. The zero-order chi connectivity index (χ0) is 12.6. The maximum absolute atomic E-state index is 5.78. The molecule has 16 heavy (non-hydrogen) atoms. The Morgan fingerprint density at radius 3 is 2.25 bits per heavy atom. The molecule has 1 aliphatic carbocycles. The largest absolute Gasteiger partial charge is 0.367 e. The summed E-state index contributed by atoms with van der Waals surface area (Å²) in [5.74, 6) is 0.974. The van der Waals surface area contributed by atoms with E-state index in [0.29, 0.717) is 11.1 Å². The van der Waals surface area contributed by atoms with Crippen LogP contribution in [0.5, 0.6) is 0 Å². The van der Waals surface area contributed by atoms with Crippen LogP contribution in [0.2, 0.25) is 5.02 Å². The first kappa shape index (κ1) is 15.2. The Morgan fingerprint density at radius 2 is 1.81 bits per heavy atom. The van der Waals surface area contributed by atoms with Gasteiger partial charge in [-0.2, -0.15) is 0 Å². The predicted molar refractivity (Wildman–Crippen MR) is 73.3 cm³/mol. The third kappa shape index (κ3) is 5.36. The third-order valence-electron chi connectivity index (χ3n) is 1.96. The fourth-order valence-corrected chi connectivity index (χ4v) is 1.33. The van der Waals surface area contributed by atoms with Crippen LogP contribution in [0.3, 0.4) is 0 Å². The lowest BCUT2D eigenvalue weighted by atomic mass is 10.3. The summed E-state index contributed by atoms with van der Waals surface area (Å²) in [7, 11) is 0. The average Bonchev–Trinajstić information content (AvgIpc) is 3.12. The van der Waals surface area contributed by atoms with E-state index < -0.39 is 0 Å². The zero-order valence-corrected chi connectivity index (χ0v) is 11.7. The highest BCUT2D eigenvalue weighted by molar-refractivity contribution is 6.30. The summed E-state index contributed by atoms with van der Waals surface area (Å²) in [5, 5.41) is 4.04. The molecule has 2 nitrogen and oxygen atoms in total. The minimum Gasteiger partial charge on any atom is -0.367 e. The van der Waals surface area contributed by atoms with E-state index in [-0.39, 0.29) is 0 Å². The zero-order valence-electron chi connectivity index (χ0n) is 11.0. The predicted octanol–water partition coefficient (Wildman–Crippen LogP) is 4.67. The molecule has 0 spiro atoms. The number of hydrogen-bond donors (Lipinski definition) is 1. The van der Waals surface area contributed by atoms with Gasteiger partial charge in [0.2, 0.25) is 0 Å². The highest BCUT2D eigenvalue weighted by Gasteiger charge is 2.21. The van der Waals surface area contributed by atoms with Crippen molar-refractivity contribution in [2.24, 2.45) is 0 Å². The van der Waals surface area contributed by atoms with E-state index in [1.807, 2.05) is 40.7 Å². The minimum absolute atomic E-state index is 0.650. The summed E-state index contributed by atoms with van der Waals surface area (Å²) < 4.78 is 0. The summed E-state index contributed by atoms with van der Waals surface area (Å²) >= 11 is 5.78. The molecule has 1 fully saturated rings. The second-order valence-electron chi connectivity index (χ2n) is 3.24. The molecular formula is C13H23ClN2. The Balaban J connectivity index is 0.000000509. The first-order valence-electron chi connectivity index (χ1n) is 6.14. The van der Waals surface area contributed by atoms with Gasteiger partial charge in [-0.3, -0.25) is 0 Å². The number of aryl methyl sites for hydroxylation is 1. The molecule has 92 valence electrons. The van der Waals surface area contributed by atoms with E-state index in [1.165, 1.54) is 12.8 Å².